The summed E-state index contributed by atoms with van der Waals surface area (Å²) in [4.78, 5) is 28.3. The number of anilines is 2. The summed E-state index contributed by atoms with van der Waals surface area (Å²) < 4.78 is 0. The lowest BCUT2D eigenvalue weighted by Crippen LogP contribution is -2.25. The SMILES string of the molecule is CCCCCCNC(=O)c1ccc(C(=O)Nc2ccccc2N)cn1. The van der Waals surface area contributed by atoms with Gasteiger partial charge in [0.15, 0.2) is 0 Å². The zero-order valence-electron chi connectivity index (χ0n) is 14.4. The van der Waals surface area contributed by atoms with E-state index in [1.807, 2.05) is 0 Å². The predicted molar refractivity (Wildman–Crippen MR) is 99.5 cm³/mol. The number of nitrogens with two attached hydrogens (primary N) is 1. The lowest BCUT2D eigenvalue weighted by Gasteiger charge is -2.08. The van der Waals surface area contributed by atoms with E-state index >= 15 is 0 Å². The molecule has 2 amide bonds. The standard InChI is InChI=1S/C19H24N4O2/c1-2-3-4-7-12-21-19(25)17-11-10-14(13-22-17)18(24)23-16-9-6-5-8-15(16)20/h5-6,8-11,13H,2-4,7,12,20H2,1H3,(H,21,25)(H,23,24). The number of carbonyl (C=O) groups excluding carboxylic acids is 2. The van der Waals surface area contributed by atoms with Crippen LogP contribution in [0.1, 0.15) is 53.5 Å². The minimum Gasteiger partial charge on any atom is -0.397 e. The van der Waals surface area contributed by atoms with Gasteiger partial charge in [0, 0.05) is 12.7 Å². The van der Waals surface area contributed by atoms with Crippen LogP contribution in [0.2, 0.25) is 0 Å². The second-order valence-electron chi connectivity index (χ2n) is 5.79. The Morgan fingerprint density at radius 1 is 1.04 bits per heavy atom. The monoisotopic (exact) mass is 340 g/mol. The Kier molecular flexibility index (Phi) is 6.95. The molecule has 0 bridgehead atoms. The van der Waals surface area contributed by atoms with E-state index in [1.54, 1.807) is 36.4 Å². The van der Waals surface area contributed by atoms with Gasteiger partial charge in [0.05, 0.1) is 16.9 Å². The first-order chi connectivity index (χ1) is 12.1. The third kappa shape index (κ3) is 5.60. The number of amides is 2. The van der Waals surface area contributed by atoms with Gasteiger partial charge in [-0.2, -0.15) is 0 Å². The molecule has 0 saturated carbocycles. The lowest BCUT2D eigenvalue weighted by atomic mass is 10.2. The molecule has 2 rings (SSSR count). The second kappa shape index (κ2) is 9.42. The van der Waals surface area contributed by atoms with Crippen LogP contribution in [0.25, 0.3) is 0 Å². The molecule has 4 N–H and O–H groups in total. The molecule has 6 heteroatoms. The Labute approximate surface area is 147 Å². The summed E-state index contributed by atoms with van der Waals surface area (Å²) in [6, 6.07) is 10.1. The van der Waals surface area contributed by atoms with Crippen LogP contribution in [0.15, 0.2) is 42.6 Å². The van der Waals surface area contributed by atoms with Crippen LogP contribution in [-0.4, -0.2) is 23.3 Å². The maximum atomic E-state index is 12.2. The first-order valence-electron chi connectivity index (χ1n) is 8.52. The predicted octanol–water partition coefficient (Wildman–Crippen LogP) is 3.23. The number of hydrogen-bond acceptors (Lipinski definition) is 4. The van der Waals surface area contributed by atoms with Crippen molar-refractivity contribution in [3.8, 4) is 0 Å². The van der Waals surface area contributed by atoms with Crippen LogP contribution in [0.4, 0.5) is 11.4 Å². The van der Waals surface area contributed by atoms with Gasteiger partial charge in [-0.3, -0.25) is 14.6 Å². The Bertz CT molecular complexity index is 714. The summed E-state index contributed by atoms with van der Waals surface area (Å²) in [5.74, 6) is -0.548. The highest BCUT2D eigenvalue weighted by Crippen LogP contribution is 2.17. The normalized spacial score (nSPS) is 10.3. The molecule has 25 heavy (non-hydrogen) atoms. The van der Waals surface area contributed by atoms with Gasteiger partial charge in [-0.05, 0) is 30.7 Å². The molecule has 0 aliphatic carbocycles. The Balaban J connectivity index is 1.89. The Morgan fingerprint density at radius 3 is 2.52 bits per heavy atom. The zero-order chi connectivity index (χ0) is 18.1. The van der Waals surface area contributed by atoms with E-state index in [0.717, 1.165) is 19.3 Å². The van der Waals surface area contributed by atoms with E-state index in [4.69, 9.17) is 5.73 Å². The minimum absolute atomic E-state index is 0.226. The maximum absolute atomic E-state index is 12.2. The van der Waals surface area contributed by atoms with E-state index in [0.29, 0.717) is 29.2 Å². The molecule has 0 spiro atoms. The van der Waals surface area contributed by atoms with E-state index in [2.05, 4.69) is 22.5 Å². The largest absolute Gasteiger partial charge is 0.397 e. The molecule has 0 aliphatic heterocycles. The molecule has 0 radical (unpaired) electrons. The zero-order valence-corrected chi connectivity index (χ0v) is 14.4. The van der Waals surface area contributed by atoms with Gasteiger partial charge in [-0.15, -0.1) is 0 Å². The number of benzene rings is 1. The summed E-state index contributed by atoms with van der Waals surface area (Å²) in [5.41, 5.74) is 7.50. The fourth-order valence-corrected chi connectivity index (χ4v) is 2.31. The summed E-state index contributed by atoms with van der Waals surface area (Å²) in [6.45, 7) is 2.78. The molecule has 1 aromatic heterocycles. The van der Waals surface area contributed by atoms with Gasteiger partial charge in [-0.1, -0.05) is 38.3 Å². The smallest absolute Gasteiger partial charge is 0.269 e. The number of para-hydroxylation sites is 2. The third-order valence-corrected chi connectivity index (χ3v) is 3.78. The Hall–Kier alpha value is -2.89. The van der Waals surface area contributed by atoms with Gasteiger partial charge >= 0.3 is 0 Å². The van der Waals surface area contributed by atoms with Crippen molar-refractivity contribution < 1.29 is 9.59 Å². The fraction of sp³-hybridized carbons (Fsp3) is 0.316. The summed E-state index contributed by atoms with van der Waals surface area (Å²) in [7, 11) is 0. The molecule has 1 aromatic carbocycles. The van der Waals surface area contributed by atoms with Crippen LogP contribution in [-0.2, 0) is 0 Å². The number of nitrogens with one attached hydrogen (secondary N) is 2. The highest BCUT2D eigenvalue weighted by molar-refractivity contribution is 6.05. The molecule has 0 aliphatic rings. The highest BCUT2D eigenvalue weighted by atomic mass is 16.2. The third-order valence-electron chi connectivity index (χ3n) is 3.78. The van der Waals surface area contributed by atoms with Crippen molar-refractivity contribution in [3.63, 3.8) is 0 Å². The topological polar surface area (TPSA) is 97.1 Å². The van der Waals surface area contributed by atoms with Crippen molar-refractivity contribution in [2.45, 2.75) is 32.6 Å². The van der Waals surface area contributed by atoms with Crippen molar-refractivity contribution in [1.82, 2.24) is 10.3 Å². The van der Waals surface area contributed by atoms with Crippen LogP contribution < -0.4 is 16.4 Å². The lowest BCUT2D eigenvalue weighted by molar-refractivity contribution is 0.0946. The van der Waals surface area contributed by atoms with Gasteiger partial charge in [0.2, 0.25) is 0 Å². The molecular formula is C19H24N4O2. The van der Waals surface area contributed by atoms with Gasteiger partial charge < -0.3 is 16.4 Å². The molecule has 0 saturated heterocycles. The van der Waals surface area contributed by atoms with Crippen LogP contribution in [0.5, 0.6) is 0 Å². The van der Waals surface area contributed by atoms with E-state index in [1.165, 1.54) is 12.6 Å². The molecule has 0 fully saturated rings. The van der Waals surface area contributed by atoms with E-state index in [9.17, 15) is 9.59 Å². The summed E-state index contributed by atoms with van der Waals surface area (Å²) >= 11 is 0. The number of aromatic nitrogens is 1. The number of nitrogens with zero attached hydrogens (tertiary/aromatic N) is 1. The molecular weight excluding hydrogens is 316 g/mol. The van der Waals surface area contributed by atoms with Gasteiger partial charge in [-0.25, -0.2) is 0 Å². The fourth-order valence-electron chi connectivity index (χ4n) is 2.31. The second-order valence-corrected chi connectivity index (χ2v) is 5.79. The minimum atomic E-state index is -0.322. The van der Waals surface area contributed by atoms with Crippen molar-refractivity contribution in [1.29, 1.82) is 0 Å². The number of pyridine rings is 1. The molecule has 132 valence electrons. The van der Waals surface area contributed by atoms with Gasteiger partial charge in [0.25, 0.3) is 11.8 Å². The number of unbranched alkanes of at least 4 members (excludes halogenated alkanes) is 3. The van der Waals surface area contributed by atoms with Crippen molar-refractivity contribution in [3.05, 3.63) is 53.9 Å². The number of nitrogen functional groups attached to an aromatic ring is 1. The summed E-state index contributed by atoms with van der Waals surface area (Å²) in [6.07, 6.45) is 5.78. The highest BCUT2D eigenvalue weighted by Gasteiger charge is 2.11. The number of carbonyl (C=O) groups is 2. The molecule has 2 aromatic rings. The molecule has 1 heterocycles. The number of rotatable bonds is 8. The van der Waals surface area contributed by atoms with Crippen LogP contribution >= 0.6 is 0 Å². The van der Waals surface area contributed by atoms with E-state index in [-0.39, 0.29) is 11.8 Å². The average molecular weight is 340 g/mol. The first-order valence-corrected chi connectivity index (χ1v) is 8.52. The van der Waals surface area contributed by atoms with Gasteiger partial charge in [0.1, 0.15) is 5.69 Å². The summed E-state index contributed by atoms with van der Waals surface area (Å²) in [5, 5.41) is 5.56. The van der Waals surface area contributed by atoms with E-state index < -0.39 is 0 Å². The number of hydrogen-bond donors (Lipinski definition) is 3. The van der Waals surface area contributed by atoms with Crippen molar-refractivity contribution >= 4 is 23.2 Å². The Morgan fingerprint density at radius 2 is 1.84 bits per heavy atom. The molecule has 0 unspecified atom stereocenters. The van der Waals surface area contributed by atoms with Crippen molar-refractivity contribution in [2.24, 2.45) is 0 Å². The van der Waals surface area contributed by atoms with Crippen molar-refractivity contribution in [2.75, 3.05) is 17.6 Å². The average Bonchev–Trinajstić information content (AvgIpc) is 2.63. The molecule has 0 atom stereocenters. The maximum Gasteiger partial charge on any atom is 0.269 e. The van der Waals surface area contributed by atoms with Crippen LogP contribution in [0, 0.1) is 0 Å². The van der Waals surface area contributed by atoms with Crippen LogP contribution in [0.3, 0.4) is 0 Å². The first kappa shape index (κ1) is 18.4. The quantitative estimate of drug-likeness (QED) is 0.508. The molecule has 6 nitrogen and oxygen atoms in total.